The highest BCUT2D eigenvalue weighted by atomic mass is 32.1. The van der Waals surface area contributed by atoms with Gasteiger partial charge in [0.25, 0.3) is 0 Å². The molecule has 1 aromatic heterocycles. The van der Waals surface area contributed by atoms with Crippen LogP contribution in [0.3, 0.4) is 0 Å². The predicted molar refractivity (Wildman–Crippen MR) is 57.1 cm³/mol. The van der Waals surface area contributed by atoms with Crippen molar-refractivity contribution in [1.82, 2.24) is 0 Å². The van der Waals surface area contributed by atoms with Gasteiger partial charge >= 0.3 is 5.97 Å². The van der Waals surface area contributed by atoms with Crippen LogP contribution in [0.2, 0.25) is 0 Å². The standard InChI is InChI=1S/C11H12O3S/c1-14-11(13)8-3-2-4-9-7(10(8)12)5-6-15-9/h5-6,8H,2-4H2,1H3. The molecule has 0 saturated heterocycles. The summed E-state index contributed by atoms with van der Waals surface area (Å²) < 4.78 is 4.65. The van der Waals surface area contributed by atoms with E-state index in [2.05, 4.69) is 4.74 Å². The summed E-state index contributed by atoms with van der Waals surface area (Å²) in [4.78, 5) is 24.5. The lowest BCUT2D eigenvalue weighted by molar-refractivity contribution is -0.143. The Bertz CT molecular complexity index is 394. The van der Waals surface area contributed by atoms with E-state index in [1.807, 2.05) is 11.4 Å². The second-order valence-corrected chi connectivity index (χ2v) is 4.59. The van der Waals surface area contributed by atoms with Crippen LogP contribution in [0.1, 0.15) is 28.1 Å². The zero-order valence-corrected chi connectivity index (χ0v) is 9.30. The number of thiophene rings is 1. The fourth-order valence-electron chi connectivity index (χ4n) is 1.91. The normalized spacial score (nSPS) is 20.6. The van der Waals surface area contributed by atoms with Gasteiger partial charge in [-0.25, -0.2) is 0 Å². The number of hydrogen-bond acceptors (Lipinski definition) is 4. The Morgan fingerprint density at radius 1 is 1.60 bits per heavy atom. The first-order valence-corrected chi connectivity index (χ1v) is 5.80. The summed E-state index contributed by atoms with van der Waals surface area (Å²) in [6, 6.07) is 1.81. The van der Waals surface area contributed by atoms with E-state index < -0.39 is 11.9 Å². The third-order valence-corrected chi connectivity index (χ3v) is 3.69. The van der Waals surface area contributed by atoms with E-state index >= 15 is 0 Å². The minimum atomic E-state index is -0.592. The maximum absolute atomic E-state index is 12.0. The van der Waals surface area contributed by atoms with Gasteiger partial charge in [0, 0.05) is 10.4 Å². The summed E-state index contributed by atoms with van der Waals surface area (Å²) >= 11 is 1.59. The van der Waals surface area contributed by atoms with Crippen LogP contribution in [0, 0.1) is 5.92 Å². The number of carbonyl (C=O) groups is 2. The van der Waals surface area contributed by atoms with Gasteiger partial charge in [0.15, 0.2) is 5.78 Å². The SMILES string of the molecule is COC(=O)C1CCCc2sccc2C1=O. The number of Topliss-reactive ketones (excluding diaryl/α,β-unsaturated/α-hetero) is 1. The lowest BCUT2D eigenvalue weighted by Gasteiger charge is -2.09. The van der Waals surface area contributed by atoms with Gasteiger partial charge in [-0.1, -0.05) is 0 Å². The molecule has 0 bridgehead atoms. The smallest absolute Gasteiger partial charge is 0.316 e. The highest BCUT2D eigenvalue weighted by Gasteiger charge is 2.32. The Kier molecular flexibility index (Phi) is 2.86. The van der Waals surface area contributed by atoms with E-state index in [4.69, 9.17) is 0 Å². The molecule has 0 fully saturated rings. The van der Waals surface area contributed by atoms with E-state index in [0.29, 0.717) is 12.0 Å². The third-order valence-electron chi connectivity index (χ3n) is 2.71. The van der Waals surface area contributed by atoms with E-state index in [-0.39, 0.29) is 5.78 Å². The van der Waals surface area contributed by atoms with Crippen LogP contribution in [0.15, 0.2) is 11.4 Å². The average molecular weight is 224 g/mol. The van der Waals surface area contributed by atoms with Gasteiger partial charge in [0.2, 0.25) is 0 Å². The second kappa shape index (κ2) is 4.14. The molecule has 4 heteroatoms. The Labute approximate surface area is 92.1 Å². The van der Waals surface area contributed by atoms with Gasteiger partial charge in [-0.05, 0) is 30.7 Å². The van der Waals surface area contributed by atoms with Gasteiger partial charge in [0.05, 0.1) is 7.11 Å². The molecule has 1 aromatic rings. The molecule has 1 unspecified atom stereocenters. The molecule has 0 N–H and O–H groups in total. The Morgan fingerprint density at radius 2 is 2.40 bits per heavy atom. The molecule has 1 atom stereocenters. The molecule has 0 radical (unpaired) electrons. The monoisotopic (exact) mass is 224 g/mol. The highest BCUT2D eigenvalue weighted by molar-refractivity contribution is 7.10. The number of esters is 1. The van der Waals surface area contributed by atoms with Crippen molar-refractivity contribution in [2.75, 3.05) is 7.11 Å². The fourth-order valence-corrected chi connectivity index (χ4v) is 2.83. The quantitative estimate of drug-likeness (QED) is 0.416. The van der Waals surface area contributed by atoms with E-state index in [9.17, 15) is 9.59 Å². The predicted octanol–water partition coefficient (Wildman–Crippen LogP) is 2.06. The van der Waals surface area contributed by atoms with Crippen molar-refractivity contribution >= 4 is 23.1 Å². The van der Waals surface area contributed by atoms with Crippen LogP contribution < -0.4 is 0 Å². The number of ether oxygens (including phenoxy) is 1. The molecule has 15 heavy (non-hydrogen) atoms. The maximum Gasteiger partial charge on any atom is 0.316 e. The molecule has 1 aliphatic rings. The molecular formula is C11H12O3S. The first-order valence-electron chi connectivity index (χ1n) is 4.92. The van der Waals surface area contributed by atoms with Crippen LogP contribution in [-0.4, -0.2) is 18.9 Å². The number of hydrogen-bond donors (Lipinski definition) is 0. The zero-order chi connectivity index (χ0) is 10.8. The van der Waals surface area contributed by atoms with Crippen molar-refractivity contribution in [3.8, 4) is 0 Å². The van der Waals surface area contributed by atoms with Crippen LogP contribution in [-0.2, 0) is 16.0 Å². The number of fused-ring (bicyclic) bond motifs is 1. The summed E-state index contributed by atoms with van der Waals surface area (Å²) in [5.74, 6) is -1.07. The molecule has 0 spiro atoms. The number of ketones is 1. The summed E-state index contributed by atoms with van der Waals surface area (Å²) in [6.45, 7) is 0. The van der Waals surface area contributed by atoms with Gasteiger partial charge in [-0.2, -0.15) is 0 Å². The lowest BCUT2D eigenvalue weighted by atomic mass is 9.97. The van der Waals surface area contributed by atoms with Crippen molar-refractivity contribution in [2.24, 2.45) is 5.92 Å². The van der Waals surface area contributed by atoms with Crippen LogP contribution in [0.4, 0.5) is 0 Å². The molecule has 1 aliphatic carbocycles. The van der Waals surface area contributed by atoms with Crippen LogP contribution >= 0.6 is 11.3 Å². The maximum atomic E-state index is 12.0. The topological polar surface area (TPSA) is 43.4 Å². The molecule has 0 aliphatic heterocycles. The average Bonchev–Trinajstić information content (AvgIpc) is 2.65. The number of aryl methyl sites for hydroxylation is 1. The lowest BCUT2D eigenvalue weighted by Crippen LogP contribution is -2.24. The van der Waals surface area contributed by atoms with E-state index in [0.717, 1.165) is 17.7 Å². The largest absolute Gasteiger partial charge is 0.468 e. The van der Waals surface area contributed by atoms with E-state index in [1.54, 1.807) is 11.3 Å². The summed E-state index contributed by atoms with van der Waals surface area (Å²) in [5, 5.41) is 1.90. The number of rotatable bonds is 1. The van der Waals surface area contributed by atoms with Crippen molar-refractivity contribution in [2.45, 2.75) is 19.3 Å². The van der Waals surface area contributed by atoms with Gasteiger partial charge in [0.1, 0.15) is 5.92 Å². The summed E-state index contributed by atoms with van der Waals surface area (Å²) in [7, 11) is 1.33. The molecule has 0 amide bonds. The molecule has 0 saturated carbocycles. The molecular weight excluding hydrogens is 212 g/mol. The van der Waals surface area contributed by atoms with Crippen molar-refractivity contribution in [1.29, 1.82) is 0 Å². The fraction of sp³-hybridized carbons (Fsp3) is 0.455. The molecule has 1 heterocycles. The van der Waals surface area contributed by atoms with E-state index in [1.165, 1.54) is 7.11 Å². The van der Waals surface area contributed by atoms with Crippen LogP contribution in [0.25, 0.3) is 0 Å². The third kappa shape index (κ3) is 1.81. The van der Waals surface area contributed by atoms with Crippen molar-refractivity contribution in [3.63, 3.8) is 0 Å². The summed E-state index contributed by atoms with van der Waals surface area (Å²) in [5.41, 5.74) is 0.716. The van der Waals surface area contributed by atoms with Crippen molar-refractivity contribution in [3.05, 3.63) is 21.9 Å². The Morgan fingerprint density at radius 3 is 3.13 bits per heavy atom. The molecule has 3 nitrogen and oxygen atoms in total. The molecule has 80 valence electrons. The van der Waals surface area contributed by atoms with Crippen LogP contribution in [0.5, 0.6) is 0 Å². The molecule has 2 rings (SSSR count). The first kappa shape index (κ1) is 10.4. The Balaban J connectivity index is 2.32. The zero-order valence-electron chi connectivity index (χ0n) is 8.49. The molecule has 0 aromatic carbocycles. The Hall–Kier alpha value is -1.16. The minimum Gasteiger partial charge on any atom is -0.468 e. The number of carbonyl (C=O) groups excluding carboxylic acids is 2. The number of methoxy groups -OCH3 is 1. The van der Waals surface area contributed by atoms with Gasteiger partial charge < -0.3 is 4.74 Å². The highest BCUT2D eigenvalue weighted by Crippen LogP contribution is 2.28. The van der Waals surface area contributed by atoms with Crippen molar-refractivity contribution < 1.29 is 14.3 Å². The summed E-state index contributed by atoms with van der Waals surface area (Å²) in [6.07, 6.45) is 2.37. The second-order valence-electron chi connectivity index (χ2n) is 3.59. The minimum absolute atomic E-state index is 0.0735. The first-order chi connectivity index (χ1) is 7.24. The van der Waals surface area contributed by atoms with Gasteiger partial charge in [-0.3, -0.25) is 9.59 Å². The van der Waals surface area contributed by atoms with Gasteiger partial charge in [-0.15, -0.1) is 11.3 Å².